The van der Waals surface area contributed by atoms with E-state index in [0.29, 0.717) is 12.2 Å². The van der Waals surface area contributed by atoms with Crippen molar-refractivity contribution in [2.45, 2.75) is 25.3 Å². The van der Waals surface area contributed by atoms with Crippen LogP contribution in [0, 0.1) is 5.82 Å². The van der Waals surface area contributed by atoms with Crippen LogP contribution in [0.1, 0.15) is 18.4 Å². The molecule has 2 aromatic carbocycles. The van der Waals surface area contributed by atoms with E-state index in [4.69, 9.17) is 5.11 Å². The van der Waals surface area contributed by atoms with Crippen LogP contribution in [0.5, 0.6) is 5.75 Å². The fraction of sp³-hybridized carbons (Fsp3) is 0.333. The summed E-state index contributed by atoms with van der Waals surface area (Å²) in [6.07, 6.45) is 2.40. The summed E-state index contributed by atoms with van der Waals surface area (Å²) in [7, 11) is 0. The lowest BCUT2D eigenvalue weighted by Gasteiger charge is -2.16. The number of anilines is 1. The topological polar surface area (TPSA) is 90.3 Å². The van der Waals surface area contributed by atoms with Crippen LogP contribution in [0.25, 0.3) is 22.3 Å². The Kier molecular flexibility index (Phi) is 5.36. The summed E-state index contributed by atoms with van der Waals surface area (Å²) >= 11 is 0. The van der Waals surface area contributed by atoms with Crippen molar-refractivity contribution in [1.82, 2.24) is 15.3 Å². The summed E-state index contributed by atoms with van der Waals surface area (Å²) in [5.74, 6) is 0.427. The van der Waals surface area contributed by atoms with Crippen molar-refractivity contribution in [3.8, 4) is 17.1 Å². The molecule has 7 heteroatoms. The minimum atomic E-state index is -0.456. The molecular formula is C21H23FN4O2. The predicted octanol–water partition coefficient (Wildman–Crippen LogP) is 2.84. The van der Waals surface area contributed by atoms with Crippen LogP contribution in [0.4, 0.5) is 10.2 Å². The van der Waals surface area contributed by atoms with E-state index in [-0.39, 0.29) is 29.8 Å². The number of nitrogens with one attached hydrogen (secondary N) is 2. The Labute approximate surface area is 162 Å². The fourth-order valence-corrected chi connectivity index (χ4v) is 3.50. The highest BCUT2D eigenvalue weighted by molar-refractivity contribution is 5.91. The first-order valence-electron chi connectivity index (χ1n) is 9.52. The van der Waals surface area contributed by atoms with Gasteiger partial charge in [-0.25, -0.2) is 14.4 Å². The lowest BCUT2D eigenvalue weighted by Crippen LogP contribution is -2.23. The molecule has 28 heavy (non-hydrogen) atoms. The molecule has 1 aromatic heterocycles. The number of nitrogens with zero attached hydrogens (tertiary/aromatic N) is 2. The highest BCUT2D eigenvalue weighted by atomic mass is 19.1. The molecule has 0 amide bonds. The molecule has 4 N–H and O–H groups in total. The highest BCUT2D eigenvalue weighted by Crippen LogP contribution is 2.31. The summed E-state index contributed by atoms with van der Waals surface area (Å²) in [5.41, 5.74) is 2.04. The monoisotopic (exact) mass is 382 g/mol. The number of phenols is 1. The number of halogens is 1. The minimum absolute atomic E-state index is 0.0642. The summed E-state index contributed by atoms with van der Waals surface area (Å²) in [4.78, 5) is 9.21. The third-order valence-electron chi connectivity index (χ3n) is 4.99. The molecular weight excluding hydrogens is 359 g/mol. The smallest absolute Gasteiger partial charge is 0.165 e. The normalized spacial score (nSPS) is 16.6. The third kappa shape index (κ3) is 3.90. The third-order valence-corrected chi connectivity index (χ3v) is 4.99. The maximum atomic E-state index is 13.8. The Morgan fingerprint density at radius 3 is 2.86 bits per heavy atom. The molecule has 1 aliphatic rings. The van der Waals surface area contributed by atoms with Crippen LogP contribution in [-0.4, -0.2) is 45.9 Å². The molecule has 4 rings (SSSR count). The lowest BCUT2D eigenvalue weighted by molar-refractivity contribution is 0.288. The van der Waals surface area contributed by atoms with Crippen molar-refractivity contribution in [3.63, 3.8) is 0 Å². The maximum absolute atomic E-state index is 13.8. The second-order valence-corrected chi connectivity index (χ2v) is 7.07. The summed E-state index contributed by atoms with van der Waals surface area (Å²) < 4.78 is 13.8. The van der Waals surface area contributed by atoms with Crippen LogP contribution in [0.2, 0.25) is 0 Å². The Balaban J connectivity index is 1.82. The van der Waals surface area contributed by atoms with Gasteiger partial charge in [-0.1, -0.05) is 6.07 Å². The number of aliphatic hydroxyl groups is 1. The van der Waals surface area contributed by atoms with Crippen LogP contribution < -0.4 is 10.6 Å². The van der Waals surface area contributed by atoms with Crippen LogP contribution in [0.3, 0.4) is 0 Å². The van der Waals surface area contributed by atoms with Gasteiger partial charge in [0.25, 0.3) is 0 Å². The number of aromatic hydroxyl groups is 1. The fourth-order valence-electron chi connectivity index (χ4n) is 3.50. The Bertz CT molecular complexity index is 990. The van der Waals surface area contributed by atoms with Crippen LogP contribution in [-0.2, 0) is 6.42 Å². The van der Waals surface area contributed by atoms with E-state index < -0.39 is 5.82 Å². The Morgan fingerprint density at radius 2 is 2.07 bits per heavy atom. The van der Waals surface area contributed by atoms with Gasteiger partial charge in [0.2, 0.25) is 0 Å². The first kappa shape index (κ1) is 18.6. The molecule has 0 aliphatic carbocycles. The zero-order valence-corrected chi connectivity index (χ0v) is 15.5. The van der Waals surface area contributed by atoms with E-state index >= 15 is 0 Å². The van der Waals surface area contributed by atoms with Crippen molar-refractivity contribution in [1.29, 1.82) is 0 Å². The summed E-state index contributed by atoms with van der Waals surface area (Å²) in [6.45, 7) is 1.93. The number of hydrogen-bond donors (Lipinski definition) is 4. The number of aliphatic hydroxyl groups excluding tert-OH is 1. The minimum Gasteiger partial charge on any atom is -0.507 e. The molecule has 1 aliphatic heterocycles. The molecule has 1 atom stereocenters. The largest absolute Gasteiger partial charge is 0.507 e. The lowest BCUT2D eigenvalue weighted by atomic mass is 10.1. The molecule has 1 saturated heterocycles. The average molecular weight is 382 g/mol. The van der Waals surface area contributed by atoms with Crippen molar-refractivity contribution >= 4 is 16.7 Å². The second kappa shape index (κ2) is 8.08. The average Bonchev–Trinajstić information content (AvgIpc) is 3.21. The van der Waals surface area contributed by atoms with Gasteiger partial charge in [0.1, 0.15) is 17.4 Å². The number of fused-ring (bicyclic) bond motifs is 1. The number of aromatic nitrogens is 2. The number of rotatable bonds is 6. The molecule has 3 aromatic rings. The molecule has 0 unspecified atom stereocenters. The maximum Gasteiger partial charge on any atom is 0.165 e. The van der Waals surface area contributed by atoms with Gasteiger partial charge in [0, 0.05) is 24.6 Å². The number of benzene rings is 2. The molecule has 0 bridgehead atoms. The van der Waals surface area contributed by atoms with E-state index in [2.05, 4.69) is 20.6 Å². The van der Waals surface area contributed by atoms with Gasteiger partial charge < -0.3 is 20.8 Å². The van der Waals surface area contributed by atoms with E-state index in [0.717, 1.165) is 42.4 Å². The number of aryl methyl sites for hydroxylation is 1. The zero-order chi connectivity index (χ0) is 19.5. The van der Waals surface area contributed by atoms with Gasteiger partial charge in [-0.3, -0.25) is 0 Å². The van der Waals surface area contributed by atoms with Gasteiger partial charge in [-0.05, 0) is 61.7 Å². The standard InChI is InChI=1S/C21H23FN4O2/c22-14-4-6-19(28)17(11-14)21-25-18-10-13(2-1-9-27)3-5-16(18)20(26-21)24-15-7-8-23-12-15/h3-6,10-11,15,23,27-28H,1-2,7-9,12H2,(H,24,25,26)/t15-/m0/s1. The number of hydrogen-bond acceptors (Lipinski definition) is 6. The Hall–Kier alpha value is -2.77. The SMILES string of the molecule is OCCCc1ccc2c(N[C@H]3CCNC3)nc(-c3cc(F)ccc3O)nc2c1. The molecule has 0 radical (unpaired) electrons. The number of phenolic OH excluding ortho intramolecular Hbond substituents is 1. The first-order valence-corrected chi connectivity index (χ1v) is 9.52. The van der Waals surface area contributed by atoms with E-state index in [9.17, 15) is 9.50 Å². The Morgan fingerprint density at radius 1 is 1.18 bits per heavy atom. The quantitative estimate of drug-likeness (QED) is 0.524. The highest BCUT2D eigenvalue weighted by Gasteiger charge is 2.18. The van der Waals surface area contributed by atoms with Gasteiger partial charge in [-0.2, -0.15) is 0 Å². The van der Waals surface area contributed by atoms with Crippen molar-refractivity contribution in [3.05, 3.63) is 47.8 Å². The van der Waals surface area contributed by atoms with Crippen molar-refractivity contribution in [2.24, 2.45) is 0 Å². The van der Waals surface area contributed by atoms with Gasteiger partial charge in [-0.15, -0.1) is 0 Å². The molecule has 0 saturated carbocycles. The first-order chi connectivity index (χ1) is 13.6. The predicted molar refractivity (Wildman–Crippen MR) is 107 cm³/mol. The van der Waals surface area contributed by atoms with E-state index in [1.54, 1.807) is 0 Å². The van der Waals surface area contributed by atoms with E-state index in [1.807, 2.05) is 18.2 Å². The summed E-state index contributed by atoms with van der Waals surface area (Å²) in [5, 5.41) is 26.9. The van der Waals surface area contributed by atoms with Gasteiger partial charge in [0.05, 0.1) is 11.1 Å². The summed E-state index contributed by atoms with van der Waals surface area (Å²) in [6, 6.07) is 9.96. The molecule has 1 fully saturated rings. The molecule has 146 valence electrons. The molecule has 6 nitrogen and oxygen atoms in total. The van der Waals surface area contributed by atoms with Crippen LogP contribution in [0.15, 0.2) is 36.4 Å². The van der Waals surface area contributed by atoms with Gasteiger partial charge >= 0.3 is 0 Å². The zero-order valence-electron chi connectivity index (χ0n) is 15.5. The molecule has 0 spiro atoms. The molecule has 2 heterocycles. The van der Waals surface area contributed by atoms with Crippen LogP contribution >= 0.6 is 0 Å². The second-order valence-electron chi connectivity index (χ2n) is 7.07. The van der Waals surface area contributed by atoms with Crippen molar-refractivity contribution in [2.75, 3.05) is 25.0 Å². The van der Waals surface area contributed by atoms with Gasteiger partial charge in [0.15, 0.2) is 5.82 Å². The van der Waals surface area contributed by atoms with E-state index in [1.165, 1.54) is 18.2 Å². The van der Waals surface area contributed by atoms with Crippen molar-refractivity contribution < 1.29 is 14.6 Å².